The Balaban J connectivity index is 1.90. The number of aryl methyl sites for hydroxylation is 2. The van der Waals surface area contributed by atoms with E-state index in [1.54, 1.807) is 4.68 Å². The zero-order valence-corrected chi connectivity index (χ0v) is 12.7. The molecule has 0 saturated carbocycles. The second-order valence-electron chi connectivity index (χ2n) is 5.30. The van der Waals surface area contributed by atoms with Crippen LogP contribution < -0.4 is 5.73 Å². The monoisotopic (exact) mass is 290 g/mol. The summed E-state index contributed by atoms with van der Waals surface area (Å²) in [7, 11) is 0. The van der Waals surface area contributed by atoms with E-state index in [-0.39, 0.29) is 0 Å². The van der Waals surface area contributed by atoms with Gasteiger partial charge in [-0.15, -0.1) is 0 Å². The summed E-state index contributed by atoms with van der Waals surface area (Å²) in [4.78, 5) is 4.36. The average Bonchev–Trinajstić information content (AvgIpc) is 2.88. The Bertz CT molecular complexity index is 816. The molecule has 1 heterocycles. The van der Waals surface area contributed by atoms with Crippen LogP contribution in [-0.4, -0.2) is 15.9 Å². The quantitative estimate of drug-likeness (QED) is 0.749. The van der Waals surface area contributed by atoms with Gasteiger partial charge in [0.15, 0.2) is 0 Å². The molecule has 0 fully saturated rings. The van der Waals surface area contributed by atoms with Gasteiger partial charge < -0.3 is 5.73 Å². The molecule has 3 rings (SSSR count). The summed E-state index contributed by atoms with van der Waals surface area (Å²) in [6, 6.07) is 16.2. The van der Waals surface area contributed by atoms with Crippen molar-refractivity contribution in [3.8, 4) is 11.3 Å². The van der Waals surface area contributed by atoms with Gasteiger partial charge in [-0.2, -0.15) is 5.10 Å². The van der Waals surface area contributed by atoms with E-state index in [1.165, 1.54) is 11.1 Å². The number of nitrogens with two attached hydrogens (primary N) is 1. The van der Waals surface area contributed by atoms with Gasteiger partial charge in [-0.3, -0.25) is 0 Å². The van der Waals surface area contributed by atoms with Crippen molar-refractivity contribution in [2.75, 3.05) is 5.73 Å². The molecule has 22 heavy (non-hydrogen) atoms. The third-order valence-corrected chi connectivity index (χ3v) is 3.53. The lowest BCUT2D eigenvalue weighted by atomic mass is 10.1. The zero-order chi connectivity index (χ0) is 15.5. The summed E-state index contributed by atoms with van der Waals surface area (Å²) in [5.74, 6) is 0.375. The van der Waals surface area contributed by atoms with Crippen LogP contribution in [0.3, 0.4) is 0 Å². The number of aromatic nitrogens is 2. The third-order valence-electron chi connectivity index (χ3n) is 3.53. The second kappa shape index (κ2) is 5.85. The number of nitrogens with zero attached hydrogens (tertiary/aromatic N) is 3. The highest BCUT2D eigenvalue weighted by Gasteiger charge is 2.05. The molecule has 0 aliphatic rings. The van der Waals surface area contributed by atoms with Gasteiger partial charge in [-0.25, -0.2) is 9.66 Å². The molecular weight excluding hydrogens is 272 g/mol. The summed E-state index contributed by atoms with van der Waals surface area (Å²) in [5, 5.41) is 4.42. The normalized spacial score (nSPS) is 11.2. The van der Waals surface area contributed by atoms with Gasteiger partial charge >= 0.3 is 0 Å². The fraction of sp³-hybridized carbons (Fsp3) is 0.111. The molecule has 3 aromatic rings. The van der Waals surface area contributed by atoms with E-state index in [0.29, 0.717) is 5.95 Å². The molecule has 0 aliphatic heterocycles. The van der Waals surface area contributed by atoms with Gasteiger partial charge in [-0.05, 0) is 25.0 Å². The van der Waals surface area contributed by atoms with Crippen molar-refractivity contribution in [1.29, 1.82) is 0 Å². The first-order valence-electron chi connectivity index (χ1n) is 7.15. The Hall–Kier alpha value is -2.88. The number of anilines is 1. The van der Waals surface area contributed by atoms with Crippen molar-refractivity contribution in [3.05, 3.63) is 71.4 Å². The molecule has 1 aromatic heterocycles. The largest absolute Gasteiger partial charge is 0.368 e. The number of benzene rings is 2. The first-order valence-corrected chi connectivity index (χ1v) is 7.15. The maximum atomic E-state index is 5.94. The van der Waals surface area contributed by atoms with Crippen LogP contribution in [-0.2, 0) is 0 Å². The standard InChI is InChI=1S/C18H18N4/c1-13-8-9-16(14(2)10-13)11-20-22-12-17(21-18(22)19)15-6-4-3-5-7-15/h3-12H,1-2H3,(H2,19,21)/b20-11+. The molecule has 0 amide bonds. The number of rotatable bonds is 3. The van der Waals surface area contributed by atoms with Crippen LogP contribution in [0.25, 0.3) is 11.3 Å². The highest BCUT2D eigenvalue weighted by molar-refractivity contribution is 5.81. The molecule has 0 atom stereocenters. The van der Waals surface area contributed by atoms with Crippen LogP contribution in [0.2, 0.25) is 0 Å². The molecule has 4 nitrogen and oxygen atoms in total. The molecule has 0 saturated heterocycles. The van der Waals surface area contributed by atoms with E-state index in [9.17, 15) is 0 Å². The van der Waals surface area contributed by atoms with Gasteiger partial charge in [-0.1, -0.05) is 54.1 Å². The van der Waals surface area contributed by atoms with E-state index in [2.05, 4.69) is 42.1 Å². The fourth-order valence-electron chi connectivity index (χ4n) is 2.32. The van der Waals surface area contributed by atoms with Crippen molar-refractivity contribution in [2.24, 2.45) is 5.10 Å². The Morgan fingerprint density at radius 3 is 2.59 bits per heavy atom. The number of imidazole rings is 1. The Kier molecular flexibility index (Phi) is 3.74. The molecule has 0 aliphatic carbocycles. The fourth-order valence-corrected chi connectivity index (χ4v) is 2.32. The predicted octanol–water partition coefficient (Wildman–Crippen LogP) is 3.63. The Morgan fingerprint density at radius 2 is 1.86 bits per heavy atom. The van der Waals surface area contributed by atoms with Crippen LogP contribution in [0, 0.1) is 13.8 Å². The average molecular weight is 290 g/mol. The Labute approximate surface area is 129 Å². The summed E-state index contributed by atoms with van der Waals surface area (Å²) >= 11 is 0. The molecule has 0 radical (unpaired) electrons. The lowest BCUT2D eigenvalue weighted by molar-refractivity contribution is 0.898. The first kappa shape index (κ1) is 14.1. The van der Waals surface area contributed by atoms with Crippen LogP contribution >= 0.6 is 0 Å². The molecule has 2 N–H and O–H groups in total. The summed E-state index contributed by atoms with van der Waals surface area (Å²) in [5.41, 5.74) is 11.3. The van der Waals surface area contributed by atoms with E-state index in [4.69, 9.17) is 5.73 Å². The molecule has 2 aromatic carbocycles. The summed E-state index contributed by atoms with van der Waals surface area (Å²) in [6.45, 7) is 4.15. The zero-order valence-electron chi connectivity index (χ0n) is 12.7. The van der Waals surface area contributed by atoms with E-state index >= 15 is 0 Å². The van der Waals surface area contributed by atoms with Crippen LogP contribution in [0.15, 0.2) is 59.8 Å². The molecule has 110 valence electrons. The van der Waals surface area contributed by atoms with Crippen molar-refractivity contribution in [3.63, 3.8) is 0 Å². The third kappa shape index (κ3) is 2.91. The number of nitrogen functional groups attached to an aromatic ring is 1. The smallest absolute Gasteiger partial charge is 0.221 e. The highest BCUT2D eigenvalue weighted by atomic mass is 15.4. The minimum Gasteiger partial charge on any atom is -0.368 e. The molecule has 4 heteroatoms. The van der Waals surface area contributed by atoms with E-state index in [0.717, 1.165) is 16.8 Å². The molecule has 0 unspecified atom stereocenters. The lowest BCUT2D eigenvalue weighted by Crippen LogP contribution is -1.97. The topological polar surface area (TPSA) is 56.2 Å². The van der Waals surface area contributed by atoms with E-state index in [1.807, 2.05) is 42.7 Å². The molecule has 0 spiro atoms. The summed E-state index contributed by atoms with van der Waals surface area (Å²) in [6.07, 6.45) is 3.65. The van der Waals surface area contributed by atoms with Crippen molar-refractivity contribution < 1.29 is 0 Å². The number of hydrogen-bond donors (Lipinski definition) is 1. The second-order valence-corrected chi connectivity index (χ2v) is 5.30. The number of hydrogen-bond acceptors (Lipinski definition) is 3. The lowest BCUT2D eigenvalue weighted by Gasteiger charge is -2.01. The highest BCUT2D eigenvalue weighted by Crippen LogP contribution is 2.19. The molecular formula is C18H18N4. The van der Waals surface area contributed by atoms with Gasteiger partial charge in [0.2, 0.25) is 5.95 Å². The van der Waals surface area contributed by atoms with Crippen molar-refractivity contribution in [2.45, 2.75) is 13.8 Å². The Morgan fingerprint density at radius 1 is 1.09 bits per heavy atom. The summed E-state index contributed by atoms with van der Waals surface area (Å²) < 4.78 is 1.60. The van der Waals surface area contributed by atoms with Crippen molar-refractivity contribution in [1.82, 2.24) is 9.66 Å². The predicted molar refractivity (Wildman–Crippen MR) is 91.0 cm³/mol. The van der Waals surface area contributed by atoms with Gasteiger partial charge in [0.1, 0.15) is 0 Å². The molecule has 0 bridgehead atoms. The SMILES string of the molecule is Cc1ccc(/C=N/n2cc(-c3ccccc3)nc2N)c(C)c1. The van der Waals surface area contributed by atoms with Crippen LogP contribution in [0.4, 0.5) is 5.95 Å². The van der Waals surface area contributed by atoms with Crippen molar-refractivity contribution >= 4 is 12.2 Å². The van der Waals surface area contributed by atoms with Crippen LogP contribution in [0.1, 0.15) is 16.7 Å². The van der Waals surface area contributed by atoms with Gasteiger partial charge in [0.05, 0.1) is 18.1 Å². The van der Waals surface area contributed by atoms with Gasteiger partial charge in [0.25, 0.3) is 0 Å². The first-order chi connectivity index (χ1) is 10.6. The minimum absolute atomic E-state index is 0.375. The van der Waals surface area contributed by atoms with Crippen LogP contribution in [0.5, 0.6) is 0 Å². The van der Waals surface area contributed by atoms with E-state index < -0.39 is 0 Å². The van der Waals surface area contributed by atoms with Gasteiger partial charge in [0, 0.05) is 5.56 Å². The maximum Gasteiger partial charge on any atom is 0.221 e. The minimum atomic E-state index is 0.375. The maximum absolute atomic E-state index is 5.94.